The van der Waals surface area contributed by atoms with Crippen molar-refractivity contribution < 1.29 is 14.6 Å². The van der Waals surface area contributed by atoms with Crippen molar-refractivity contribution in [2.45, 2.75) is 39.8 Å². The van der Waals surface area contributed by atoms with E-state index in [1.165, 1.54) is 0 Å². The Balaban J connectivity index is 2.97. The van der Waals surface area contributed by atoms with Gasteiger partial charge >= 0.3 is 0 Å². The van der Waals surface area contributed by atoms with E-state index in [-0.39, 0.29) is 0 Å². The quantitative estimate of drug-likeness (QED) is 0.800. The molecule has 4 nitrogen and oxygen atoms in total. The number of aliphatic hydroxyl groups is 1. The van der Waals surface area contributed by atoms with Gasteiger partial charge in [0.2, 0.25) is 0 Å². The highest BCUT2D eigenvalue weighted by Gasteiger charge is 2.21. The second-order valence-corrected chi connectivity index (χ2v) is 6.53. The minimum absolute atomic E-state index is 0.531. The van der Waals surface area contributed by atoms with Gasteiger partial charge in [-0.3, -0.25) is 4.90 Å². The van der Waals surface area contributed by atoms with E-state index in [4.69, 9.17) is 9.47 Å². The molecular formula is C17H29NO3. The molecule has 0 unspecified atom stereocenters. The molecule has 0 spiro atoms. The monoisotopic (exact) mass is 295 g/mol. The number of nitrogens with zero attached hydrogens (tertiary/aromatic N) is 1. The van der Waals surface area contributed by atoms with Crippen LogP contribution in [0.15, 0.2) is 18.2 Å². The third kappa shape index (κ3) is 5.94. The maximum atomic E-state index is 10.1. The van der Waals surface area contributed by atoms with Gasteiger partial charge in [0, 0.05) is 25.2 Å². The summed E-state index contributed by atoms with van der Waals surface area (Å²) >= 11 is 0. The third-order valence-electron chi connectivity index (χ3n) is 3.11. The van der Waals surface area contributed by atoms with E-state index in [0.717, 1.165) is 30.2 Å². The molecule has 1 aromatic rings. The predicted molar refractivity (Wildman–Crippen MR) is 86.0 cm³/mol. The van der Waals surface area contributed by atoms with Crippen molar-refractivity contribution >= 4 is 0 Å². The summed E-state index contributed by atoms with van der Waals surface area (Å²) in [6.45, 7) is 10.3. The number of hydrogen-bond donors (Lipinski definition) is 1. The van der Waals surface area contributed by atoms with Crippen molar-refractivity contribution in [2.24, 2.45) is 5.92 Å². The van der Waals surface area contributed by atoms with E-state index in [1.807, 2.05) is 32.0 Å². The largest absolute Gasteiger partial charge is 0.493 e. The Kier molecular flexibility index (Phi) is 6.49. The van der Waals surface area contributed by atoms with Crippen molar-refractivity contribution in [3.8, 4) is 11.5 Å². The molecule has 0 saturated heterocycles. The van der Waals surface area contributed by atoms with Crippen molar-refractivity contribution in [3.63, 3.8) is 0 Å². The predicted octanol–water partition coefficient (Wildman–Crippen LogP) is 2.93. The van der Waals surface area contributed by atoms with Gasteiger partial charge in [-0.2, -0.15) is 0 Å². The summed E-state index contributed by atoms with van der Waals surface area (Å²) in [5.41, 5.74) is 0.350. The molecule has 1 N–H and O–H groups in total. The number of para-hydroxylation sites is 1. The maximum absolute atomic E-state index is 10.1. The molecule has 21 heavy (non-hydrogen) atoms. The fourth-order valence-corrected chi connectivity index (χ4v) is 2.57. The van der Waals surface area contributed by atoms with Gasteiger partial charge in [0.05, 0.1) is 19.8 Å². The number of methoxy groups -OCH3 is 2. The molecule has 0 saturated carbocycles. The van der Waals surface area contributed by atoms with Crippen LogP contribution in [0.5, 0.6) is 11.5 Å². The van der Waals surface area contributed by atoms with Gasteiger partial charge in [-0.25, -0.2) is 0 Å². The fraction of sp³-hybridized carbons (Fsp3) is 0.647. The Hall–Kier alpha value is -1.26. The molecule has 0 aliphatic rings. The van der Waals surface area contributed by atoms with Crippen molar-refractivity contribution in [1.82, 2.24) is 4.90 Å². The highest BCUT2D eigenvalue weighted by Crippen LogP contribution is 2.31. The Morgan fingerprint density at radius 1 is 1.19 bits per heavy atom. The van der Waals surface area contributed by atoms with Crippen LogP contribution >= 0.6 is 0 Å². The highest BCUT2D eigenvalue weighted by atomic mass is 16.5. The molecule has 0 aliphatic carbocycles. The van der Waals surface area contributed by atoms with Gasteiger partial charge in [-0.15, -0.1) is 0 Å². The highest BCUT2D eigenvalue weighted by molar-refractivity contribution is 5.46. The van der Waals surface area contributed by atoms with Crippen LogP contribution in [0.3, 0.4) is 0 Å². The summed E-state index contributed by atoms with van der Waals surface area (Å²) < 4.78 is 10.8. The van der Waals surface area contributed by atoms with Gasteiger partial charge in [0.1, 0.15) is 0 Å². The lowest BCUT2D eigenvalue weighted by Crippen LogP contribution is -2.40. The molecule has 0 bridgehead atoms. The van der Waals surface area contributed by atoms with Gasteiger partial charge < -0.3 is 14.6 Å². The summed E-state index contributed by atoms with van der Waals surface area (Å²) in [5, 5.41) is 10.1. The second-order valence-electron chi connectivity index (χ2n) is 6.53. The van der Waals surface area contributed by atoms with Crippen LogP contribution in [0.1, 0.15) is 33.3 Å². The minimum atomic E-state index is -0.721. The van der Waals surface area contributed by atoms with Gasteiger partial charge in [-0.1, -0.05) is 26.0 Å². The van der Waals surface area contributed by atoms with E-state index in [2.05, 4.69) is 18.7 Å². The summed E-state index contributed by atoms with van der Waals surface area (Å²) in [4.78, 5) is 2.25. The number of benzene rings is 1. The Bertz CT molecular complexity index is 438. The summed E-state index contributed by atoms with van der Waals surface area (Å²) in [6, 6.07) is 5.90. The van der Waals surface area contributed by atoms with Gasteiger partial charge in [0.15, 0.2) is 11.5 Å². The van der Waals surface area contributed by atoms with Crippen molar-refractivity contribution in [3.05, 3.63) is 23.8 Å². The lowest BCUT2D eigenvalue weighted by atomic mass is 10.1. The molecule has 0 aromatic heterocycles. The first-order valence-electron chi connectivity index (χ1n) is 7.41. The van der Waals surface area contributed by atoms with E-state index in [9.17, 15) is 5.11 Å². The average molecular weight is 295 g/mol. The SMILES string of the molecule is COc1cccc(CN(CC(C)C)CC(C)(C)O)c1OC. The molecule has 0 radical (unpaired) electrons. The normalized spacial score (nSPS) is 12.0. The first kappa shape index (κ1) is 17.8. The third-order valence-corrected chi connectivity index (χ3v) is 3.11. The second kappa shape index (κ2) is 7.66. The molecule has 0 heterocycles. The maximum Gasteiger partial charge on any atom is 0.165 e. The molecule has 0 amide bonds. The van der Waals surface area contributed by atoms with E-state index in [0.29, 0.717) is 12.5 Å². The van der Waals surface area contributed by atoms with E-state index < -0.39 is 5.60 Å². The van der Waals surface area contributed by atoms with E-state index >= 15 is 0 Å². The molecule has 0 atom stereocenters. The summed E-state index contributed by atoms with van der Waals surface area (Å²) in [7, 11) is 3.30. The van der Waals surface area contributed by atoms with Crippen LogP contribution in [0.4, 0.5) is 0 Å². The van der Waals surface area contributed by atoms with Crippen LogP contribution in [0.2, 0.25) is 0 Å². The van der Waals surface area contributed by atoms with Crippen molar-refractivity contribution in [1.29, 1.82) is 0 Å². The zero-order valence-electron chi connectivity index (χ0n) is 14.1. The van der Waals surface area contributed by atoms with Crippen LogP contribution in [0, 0.1) is 5.92 Å². The van der Waals surface area contributed by atoms with Gasteiger partial charge in [-0.05, 0) is 25.8 Å². The fourth-order valence-electron chi connectivity index (χ4n) is 2.57. The topological polar surface area (TPSA) is 41.9 Å². The molecule has 0 fully saturated rings. The standard InChI is InChI=1S/C17H29NO3/c1-13(2)10-18(12-17(3,4)19)11-14-8-7-9-15(20-5)16(14)21-6/h7-9,13,19H,10-12H2,1-6H3. The Morgan fingerprint density at radius 3 is 2.33 bits per heavy atom. The first-order chi connectivity index (χ1) is 9.76. The zero-order valence-corrected chi connectivity index (χ0v) is 14.1. The summed E-state index contributed by atoms with van der Waals surface area (Å²) in [6.07, 6.45) is 0. The van der Waals surface area contributed by atoms with Crippen LogP contribution < -0.4 is 9.47 Å². The molecule has 0 aliphatic heterocycles. The van der Waals surface area contributed by atoms with Crippen LogP contribution in [-0.2, 0) is 6.54 Å². The zero-order chi connectivity index (χ0) is 16.0. The minimum Gasteiger partial charge on any atom is -0.493 e. The molecule has 1 aromatic carbocycles. The first-order valence-corrected chi connectivity index (χ1v) is 7.41. The lowest BCUT2D eigenvalue weighted by molar-refractivity contribution is 0.0294. The Morgan fingerprint density at radius 2 is 1.86 bits per heavy atom. The summed E-state index contributed by atoms with van der Waals surface area (Å²) in [5.74, 6) is 2.04. The van der Waals surface area contributed by atoms with Gasteiger partial charge in [0.25, 0.3) is 0 Å². The lowest BCUT2D eigenvalue weighted by Gasteiger charge is -2.31. The number of ether oxygens (including phenoxy) is 2. The Labute approximate surface area is 128 Å². The molecule has 1 rings (SSSR count). The van der Waals surface area contributed by atoms with Crippen molar-refractivity contribution in [2.75, 3.05) is 27.3 Å². The number of hydrogen-bond acceptors (Lipinski definition) is 4. The smallest absolute Gasteiger partial charge is 0.165 e. The van der Waals surface area contributed by atoms with Crippen LogP contribution in [-0.4, -0.2) is 42.9 Å². The van der Waals surface area contributed by atoms with Crippen LogP contribution in [0.25, 0.3) is 0 Å². The molecule has 120 valence electrons. The molecular weight excluding hydrogens is 266 g/mol. The number of rotatable bonds is 8. The average Bonchev–Trinajstić information content (AvgIpc) is 2.35. The van der Waals surface area contributed by atoms with E-state index in [1.54, 1.807) is 14.2 Å². The molecule has 4 heteroatoms.